The topological polar surface area (TPSA) is 96.5 Å². The molecule has 2 aliphatic rings. The molecular formula is C19H23N3O6. The Labute approximate surface area is 162 Å². The molecule has 150 valence electrons. The number of urea groups is 1. The van der Waals surface area contributed by atoms with Gasteiger partial charge in [0.25, 0.3) is 0 Å². The van der Waals surface area contributed by atoms with Crippen molar-refractivity contribution < 1.29 is 28.7 Å². The van der Waals surface area contributed by atoms with Crippen LogP contribution in [0.5, 0.6) is 11.5 Å². The van der Waals surface area contributed by atoms with Gasteiger partial charge in [0.1, 0.15) is 13.2 Å². The Morgan fingerprint density at radius 2 is 1.79 bits per heavy atom. The van der Waals surface area contributed by atoms with Crippen molar-refractivity contribution in [3.05, 3.63) is 24.3 Å². The van der Waals surface area contributed by atoms with Crippen LogP contribution in [0.15, 0.2) is 24.3 Å². The molecule has 0 spiro atoms. The van der Waals surface area contributed by atoms with Crippen LogP contribution in [-0.4, -0.2) is 77.3 Å². The SMILES string of the molecule is CCCN1C(=O)C(=O)N(CC(=O)N(CC)C[C@@H]2COc3ccccc3O2)C1=O. The first-order valence-corrected chi connectivity index (χ1v) is 9.29. The molecule has 9 nitrogen and oxygen atoms in total. The number of benzene rings is 1. The molecule has 1 aromatic carbocycles. The maximum Gasteiger partial charge on any atom is 0.334 e. The van der Waals surface area contributed by atoms with Crippen LogP contribution in [0.1, 0.15) is 20.3 Å². The molecule has 0 bridgehead atoms. The van der Waals surface area contributed by atoms with Gasteiger partial charge in [0, 0.05) is 13.1 Å². The number of hydrogen-bond acceptors (Lipinski definition) is 6. The minimum atomic E-state index is -0.964. The van der Waals surface area contributed by atoms with Crippen molar-refractivity contribution in [3.63, 3.8) is 0 Å². The predicted molar refractivity (Wildman–Crippen MR) is 97.7 cm³/mol. The summed E-state index contributed by atoms with van der Waals surface area (Å²) in [6.07, 6.45) is 0.163. The predicted octanol–water partition coefficient (Wildman–Crippen LogP) is 0.876. The molecule has 3 rings (SSSR count). The Hall–Kier alpha value is -3.10. The lowest BCUT2D eigenvalue weighted by molar-refractivity contribution is -0.145. The smallest absolute Gasteiger partial charge is 0.334 e. The summed E-state index contributed by atoms with van der Waals surface area (Å²) >= 11 is 0. The fraction of sp³-hybridized carbons (Fsp3) is 0.474. The number of rotatable bonds is 7. The molecule has 0 aliphatic carbocycles. The molecule has 0 saturated carbocycles. The highest BCUT2D eigenvalue weighted by molar-refractivity contribution is 6.45. The lowest BCUT2D eigenvalue weighted by Gasteiger charge is -2.31. The first-order chi connectivity index (χ1) is 13.5. The van der Waals surface area contributed by atoms with Crippen LogP contribution < -0.4 is 9.47 Å². The highest BCUT2D eigenvalue weighted by Crippen LogP contribution is 2.31. The van der Waals surface area contributed by atoms with Crippen molar-refractivity contribution in [2.24, 2.45) is 0 Å². The van der Waals surface area contributed by atoms with Crippen LogP contribution in [-0.2, 0) is 14.4 Å². The molecule has 2 aliphatic heterocycles. The number of nitrogens with zero attached hydrogens (tertiary/aromatic N) is 3. The second-order valence-electron chi connectivity index (χ2n) is 6.56. The molecule has 0 unspecified atom stereocenters. The second kappa shape index (κ2) is 8.28. The largest absolute Gasteiger partial charge is 0.486 e. The van der Waals surface area contributed by atoms with Gasteiger partial charge < -0.3 is 14.4 Å². The van der Waals surface area contributed by atoms with Crippen LogP contribution in [0.25, 0.3) is 0 Å². The quantitative estimate of drug-likeness (QED) is 0.507. The number of imide groups is 2. The van der Waals surface area contributed by atoms with Crippen LogP contribution >= 0.6 is 0 Å². The van der Waals surface area contributed by atoms with Crippen molar-refractivity contribution in [2.45, 2.75) is 26.4 Å². The summed E-state index contributed by atoms with van der Waals surface area (Å²) in [4.78, 5) is 52.0. The van der Waals surface area contributed by atoms with Crippen LogP contribution in [0.3, 0.4) is 0 Å². The number of ether oxygens (including phenoxy) is 2. The first kappa shape index (κ1) is 19.7. The van der Waals surface area contributed by atoms with Crippen LogP contribution in [0, 0.1) is 0 Å². The van der Waals surface area contributed by atoms with Gasteiger partial charge >= 0.3 is 17.8 Å². The van der Waals surface area contributed by atoms with E-state index in [1.807, 2.05) is 12.1 Å². The standard InChI is InChI=1S/C19H23N3O6/c1-3-9-21-17(24)18(25)22(19(21)26)11-16(23)20(4-2)10-13-12-27-14-7-5-6-8-15(14)28-13/h5-8,13H,3-4,9-12H2,1-2H3/t13-/m1/s1. The van der Waals surface area contributed by atoms with E-state index in [-0.39, 0.29) is 25.8 Å². The van der Waals surface area contributed by atoms with E-state index in [2.05, 4.69) is 0 Å². The molecule has 28 heavy (non-hydrogen) atoms. The van der Waals surface area contributed by atoms with Crippen molar-refractivity contribution in [3.8, 4) is 11.5 Å². The van der Waals surface area contributed by atoms with E-state index in [1.54, 1.807) is 26.0 Å². The van der Waals surface area contributed by atoms with Gasteiger partial charge in [0.15, 0.2) is 17.6 Å². The third-order valence-corrected chi connectivity index (χ3v) is 4.60. The molecule has 1 saturated heterocycles. The molecule has 5 amide bonds. The molecule has 1 fully saturated rings. The van der Waals surface area contributed by atoms with E-state index < -0.39 is 30.3 Å². The Kier molecular flexibility index (Phi) is 5.81. The highest BCUT2D eigenvalue weighted by Gasteiger charge is 2.45. The van der Waals surface area contributed by atoms with Gasteiger partial charge in [-0.25, -0.2) is 9.69 Å². The van der Waals surface area contributed by atoms with E-state index in [1.165, 1.54) is 4.90 Å². The number of likely N-dealkylation sites (N-methyl/N-ethyl adjacent to an activating group) is 1. The number of carbonyl (C=O) groups is 4. The molecule has 0 radical (unpaired) electrons. The van der Waals surface area contributed by atoms with E-state index in [4.69, 9.17) is 9.47 Å². The van der Waals surface area contributed by atoms with Gasteiger partial charge in [-0.3, -0.25) is 19.3 Å². The number of fused-ring (bicyclic) bond motifs is 1. The summed E-state index contributed by atoms with van der Waals surface area (Å²) in [6.45, 7) is 4.15. The van der Waals surface area contributed by atoms with Gasteiger partial charge in [-0.15, -0.1) is 0 Å². The van der Waals surface area contributed by atoms with Crippen molar-refractivity contribution in [1.29, 1.82) is 0 Å². The number of carbonyl (C=O) groups excluding carboxylic acids is 4. The lowest BCUT2D eigenvalue weighted by Crippen LogP contribution is -2.48. The highest BCUT2D eigenvalue weighted by atomic mass is 16.6. The Balaban J connectivity index is 1.62. The van der Waals surface area contributed by atoms with E-state index >= 15 is 0 Å². The Bertz CT molecular complexity index is 796. The average molecular weight is 389 g/mol. The molecule has 0 N–H and O–H groups in total. The fourth-order valence-corrected chi connectivity index (χ4v) is 3.15. The minimum absolute atomic E-state index is 0.151. The van der Waals surface area contributed by atoms with E-state index in [0.717, 1.165) is 4.90 Å². The van der Waals surface area contributed by atoms with E-state index in [9.17, 15) is 19.2 Å². The second-order valence-corrected chi connectivity index (χ2v) is 6.56. The van der Waals surface area contributed by atoms with Crippen molar-refractivity contribution >= 4 is 23.8 Å². The molecule has 1 atom stereocenters. The summed E-state index contributed by atoms with van der Waals surface area (Å²) in [5, 5.41) is 0. The average Bonchev–Trinajstić information content (AvgIpc) is 2.90. The van der Waals surface area contributed by atoms with E-state index in [0.29, 0.717) is 29.4 Å². The van der Waals surface area contributed by atoms with Crippen LogP contribution in [0.2, 0.25) is 0 Å². The van der Waals surface area contributed by atoms with Gasteiger partial charge in [0.05, 0.1) is 6.54 Å². The summed E-state index contributed by atoms with van der Waals surface area (Å²) in [7, 11) is 0. The number of amides is 5. The first-order valence-electron chi connectivity index (χ1n) is 9.29. The van der Waals surface area contributed by atoms with Gasteiger partial charge in [-0.1, -0.05) is 19.1 Å². The Morgan fingerprint density at radius 1 is 1.11 bits per heavy atom. The monoisotopic (exact) mass is 389 g/mol. The summed E-state index contributed by atoms with van der Waals surface area (Å²) in [5.41, 5.74) is 0. The summed E-state index contributed by atoms with van der Waals surface area (Å²) in [6, 6.07) is 6.52. The van der Waals surface area contributed by atoms with Gasteiger partial charge in [-0.2, -0.15) is 0 Å². The fourth-order valence-electron chi connectivity index (χ4n) is 3.15. The third-order valence-electron chi connectivity index (χ3n) is 4.60. The lowest BCUT2D eigenvalue weighted by atomic mass is 10.2. The van der Waals surface area contributed by atoms with Gasteiger partial charge in [0.2, 0.25) is 5.91 Å². The normalized spacial score (nSPS) is 18.6. The zero-order valence-corrected chi connectivity index (χ0v) is 15.9. The van der Waals surface area contributed by atoms with Crippen LogP contribution in [0.4, 0.5) is 4.79 Å². The Morgan fingerprint density at radius 3 is 2.46 bits per heavy atom. The summed E-state index contributed by atoms with van der Waals surface area (Å²) < 4.78 is 11.5. The minimum Gasteiger partial charge on any atom is -0.486 e. The molecule has 2 heterocycles. The van der Waals surface area contributed by atoms with Crippen molar-refractivity contribution in [2.75, 3.05) is 32.8 Å². The molecule has 9 heteroatoms. The number of hydrogen-bond donors (Lipinski definition) is 0. The number of para-hydroxylation sites is 2. The maximum atomic E-state index is 12.7. The molecular weight excluding hydrogens is 366 g/mol. The van der Waals surface area contributed by atoms with Gasteiger partial charge in [-0.05, 0) is 25.5 Å². The molecule has 1 aromatic rings. The third kappa shape index (κ3) is 3.78. The van der Waals surface area contributed by atoms with Crippen molar-refractivity contribution in [1.82, 2.24) is 14.7 Å². The zero-order chi connectivity index (χ0) is 20.3. The maximum absolute atomic E-state index is 12.7. The molecule has 0 aromatic heterocycles. The summed E-state index contributed by atoms with van der Waals surface area (Å²) in [5.74, 6) is -1.03. The zero-order valence-electron chi connectivity index (χ0n) is 15.9.